The third kappa shape index (κ3) is 3.42. The Labute approximate surface area is 98.0 Å². The van der Waals surface area contributed by atoms with Crippen molar-refractivity contribution in [2.24, 2.45) is 5.92 Å². The van der Waals surface area contributed by atoms with E-state index in [1.54, 1.807) is 0 Å². The lowest BCUT2D eigenvalue weighted by Crippen LogP contribution is -2.24. The molecule has 1 nitrogen and oxygen atoms in total. The molecule has 15 heavy (non-hydrogen) atoms. The van der Waals surface area contributed by atoms with Crippen molar-refractivity contribution >= 4 is 17.3 Å². The van der Waals surface area contributed by atoms with E-state index in [1.807, 2.05) is 6.07 Å². The largest absolute Gasteiger partial charge is 0.374 e. The SMILES string of the molecule is CCC(C)CN(C)c1ccccc1CCl. The number of halogens is 1. The highest BCUT2D eigenvalue weighted by molar-refractivity contribution is 6.17. The van der Waals surface area contributed by atoms with Crippen molar-refractivity contribution in [3.8, 4) is 0 Å². The van der Waals surface area contributed by atoms with Gasteiger partial charge >= 0.3 is 0 Å². The summed E-state index contributed by atoms with van der Waals surface area (Å²) in [5.74, 6) is 1.31. The van der Waals surface area contributed by atoms with E-state index in [2.05, 4.69) is 44.0 Å². The minimum Gasteiger partial charge on any atom is -0.374 e. The smallest absolute Gasteiger partial charge is 0.0494 e. The maximum Gasteiger partial charge on any atom is 0.0494 e. The number of hydrogen-bond donors (Lipinski definition) is 0. The first-order valence-corrected chi connectivity index (χ1v) is 6.07. The molecule has 0 aromatic heterocycles. The fourth-order valence-electron chi connectivity index (χ4n) is 1.69. The highest BCUT2D eigenvalue weighted by Gasteiger charge is 2.08. The molecule has 0 saturated heterocycles. The molecule has 0 heterocycles. The molecule has 1 unspecified atom stereocenters. The average molecular weight is 226 g/mol. The molecule has 1 atom stereocenters. The molecule has 1 aromatic rings. The first-order chi connectivity index (χ1) is 7.19. The van der Waals surface area contributed by atoms with Crippen LogP contribution < -0.4 is 4.90 Å². The Bertz CT molecular complexity index is 298. The molecule has 0 saturated carbocycles. The number of alkyl halides is 1. The number of benzene rings is 1. The van der Waals surface area contributed by atoms with Crippen LogP contribution >= 0.6 is 11.6 Å². The van der Waals surface area contributed by atoms with E-state index < -0.39 is 0 Å². The lowest BCUT2D eigenvalue weighted by atomic mass is 10.1. The van der Waals surface area contributed by atoms with E-state index in [-0.39, 0.29) is 0 Å². The lowest BCUT2D eigenvalue weighted by molar-refractivity contribution is 0.559. The van der Waals surface area contributed by atoms with Crippen LogP contribution in [0.1, 0.15) is 25.8 Å². The molecule has 1 aromatic carbocycles. The third-order valence-electron chi connectivity index (χ3n) is 2.83. The van der Waals surface area contributed by atoms with Crippen LogP contribution in [0.4, 0.5) is 5.69 Å². The maximum absolute atomic E-state index is 5.92. The van der Waals surface area contributed by atoms with Crippen LogP contribution in [0, 0.1) is 5.92 Å². The van der Waals surface area contributed by atoms with Crippen LogP contribution in [0.25, 0.3) is 0 Å². The van der Waals surface area contributed by atoms with Crippen molar-refractivity contribution < 1.29 is 0 Å². The molecule has 0 aliphatic rings. The number of para-hydroxylation sites is 1. The van der Waals surface area contributed by atoms with Crippen molar-refractivity contribution in [3.05, 3.63) is 29.8 Å². The second kappa shape index (κ2) is 6.02. The van der Waals surface area contributed by atoms with E-state index in [0.29, 0.717) is 5.88 Å². The molecule has 0 bridgehead atoms. The lowest BCUT2D eigenvalue weighted by Gasteiger charge is -2.24. The highest BCUT2D eigenvalue weighted by atomic mass is 35.5. The summed E-state index contributed by atoms with van der Waals surface area (Å²) in [5, 5.41) is 0. The van der Waals surface area contributed by atoms with Crippen molar-refractivity contribution in [3.63, 3.8) is 0 Å². The Morgan fingerprint density at radius 3 is 2.60 bits per heavy atom. The van der Waals surface area contributed by atoms with Crippen LogP contribution in [-0.2, 0) is 5.88 Å². The van der Waals surface area contributed by atoms with Gasteiger partial charge in [-0.2, -0.15) is 0 Å². The number of hydrogen-bond acceptors (Lipinski definition) is 1. The zero-order chi connectivity index (χ0) is 11.3. The van der Waals surface area contributed by atoms with Gasteiger partial charge in [-0.15, -0.1) is 11.6 Å². The van der Waals surface area contributed by atoms with Crippen LogP contribution in [0.3, 0.4) is 0 Å². The number of rotatable bonds is 5. The minimum absolute atomic E-state index is 0.584. The van der Waals surface area contributed by atoms with Crippen LogP contribution in [0.5, 0.6) is 0 Å². The van der Waals surface area contributed by atoms with Gasteiger partial charge < -0.3 is 4.90 Å². The first kappa shape index (κ1) is 12.4. The zero-order valence-electron chi connectivity index (χ0n) is 9.83. The van der Waals surface area contributed by atoms with Gasteiger partial charge in [-0.25, -0.2) is 0 Å². The average Bonchev–Trinajstić information content (AvgIpc) is 2.28. The number of anilines is 1. The summed E-state index contributed by atoms with van der Waals surface area (Å²) in [6.07, 6.45) is 1.22. The van der Waals surface area contributed by atoms with E-state index in [9.17, 15) is 0 Å². The molecule has 0 aliphatic heterocycles. The van der Waals surface area contributed by atoms with Crippen molar-refractivity contribution in [2.75, 3.05) is 18.5 Å². The Balaban J connectivity index is 2.76. The molecule has 0 spiro atoms. The van der Waals surface area contributed by atoms with Gasteiger partial charge in [-0.3, -0.25) is 0 Å². The fourth-order valence-corrected chi connectivity index (χ4v) is 1.92. The van der Waals surface area contributed by atoms with Gasteiger partial charge in [-0.05, 0) is 17.5 Å². The third-order valence-corrected chi connectivity index (χ3v) is 3.12. The molecule has 1 rings (SSSR count). The predicted molar refractivity (Wildman–Crippen MR) is 68.7 cm³/mol. The molecule has 0 amide bonds. The van der Waals surface area contributed by atoms with E-state index in [4.69, 9.17) is 11.6 Å². The minimum atomic E-state index is 0.584. The van der Waals surface area contributed by atoms with Crippen molar-refractivity contribution in [2.45, 2.75) is 26.1 Å². The van der Waals surface area contributed by atoms with Gasteiger partial charge in [0.1, 0.15) is 0 Å². The van der Waals surface area contributed by atoms with E-state index in [0.717, 1.165) is 12.5 Å². The molecule has 0 aliphatic carbocycles. The molecule has 2 heteroatoms. The van der Waals surface area contributed by atoms with Crippen LogP contribution in [0.2, 0.25) is 0 Å². The summed E-state index contributed by atoms with van der Waals surface area (Å²) in [6, 6.07) is 8.34. The standard InChI is InChI=1S/C13H20ClN/c1-4-11(2)10-15(3)13-8-6-5-7-12(13)9-14/h5-8,11H,4,9-10H2,1-3H3. The summed E-state index contributed by atoms with van der Waals surface area (Å²) >= 11 is 5.92. The predicted octanol–water partition coefficient (Wildman–Crippen LogP) is 3.91. The highest BCUT2D eigenvalue weighted by Crippen LogP contribution is 2.22. The van der Waals surface area contributed by atoms with Gasteiger partial charge in [0.05, 0.1) is 0 Å². The van der Waals surface area contributed by atoms with E-state index in [1.165, 1.54) is 17.7 Å². The Hall–Kier alpha value is -0.690. The second-order valence-corrected chi connectivity index (χ2v) is 4.42. The molecular weight excluding hydrogens is 206 g/mol. The van der Waals surface area contributed by atoms with Crippen LogP contribution in [-0.4, -0.2) is 13.6 Å². The summed E-state index contributed by atoms with van der Waals surface area (Å²) in [7, 11) is 2.14. The van der Waals surface area contributed by atoms with Crippen LogP contribution in [0.15, 0.2) is 24.3 Å². The van der Waals surface area contributed by atoms with Gasteiger partial charge in [0.2, 0.25) is 0 Å². The monoisotopic (exact) mass is 225 g/mol. The molecule has 0 N–H and O–H groups in total. The van der Waals surface area contributed by atoms with Crippen molar-refractivity contribution in [1.82, 2.24) is 0 Å². The Morgan fingerprint density at radius 1 is 1.33 bits per heavy atom. The summed E-state index contributed by atoms with van der Waals surface area (Å²) in [6.45, 7) is 5.59. The maximum atomic E-state index is 5.92. The quantitative estimate of drug-likeness (QED) is 0.687. The van der Waals surface area contributed by atoms with Gasteiger partial charge in [0.15, 0.2) is 0 Å². The molecule has 0 radical (unpaired) electrons. The molecule has 0 fully saturated rings. The zero-order valence-corrected chi connectivity index (χ0v) is 10.6. The summed E-state index contributed by atoms with van der Waals surface area (Å²) in [4.78, 5) is 2.30. The molecule has 84 valence electrons. The second-order valence-electron chi connectivity index (χ2n) is 4.16. The summed E-state index contributed by atoms with van der Waals surface area (Å²) in [5.41, 5.74) is 2.47. The van der Waals surface area contributed by atoms with Gasteiger partial charge in [0, 0.05) is 25.2 Å². The molecular formula is C13H20ClN. The normalized spacial score (nSPS) is 12.5. The van der Waals surface area contributed by atoms with Gasteiger partial charge in [-0.1, -0.05) is 38.5 Å². The topological polar surface area (TPSA) is 3.24 Å². The fraction of sp³-hybridized carbons (Fsp3) is 0.538. The Morgan fingerprint density at radius 2 is 2.00 bits per heavy atom. The first-order valence-electron chi connectivity index (χ1n) is 5.54. The van der Waals surface area contributed by atoms with Gasteiger partial charge in [0.25, 0.3) is 0 Å². The van der Waals surface area contributed by atoms with Crippen molar-refractivity contribution in [1.29, 1.82) is 0 Å². The number of nitrogens with zero attached hydrogens (tertiary/aromatic N) is 1. The Kier molecular flexibility index (Phi) is 4.97. The van der Waals surface area contributed by atoms with E-state index >= 15 is 0 Å². The summed E-state index contributed by atoms with van der Waals surface area (Å²) < 4.78 is 0.